The molecule has 9 heteroatoms. The Kier molecular flexibility index (Phi) is 4.05. The molecule has 0 spiro atoms. The van der Waals surface area contributed by atoms with E-state index < -0.39 is 0 Å². The average molecular weight is 366 g/mol. The third-order valence-electron chi connectivity index (χ3n) is 3.78. The van der Waals surface area contributed by atoms with Crippen molar-refractivity contribution in [2.45, 2.75) is 6.92 Å². The molecule has 1 N–H and O–H groups in total. The third kappa shape index (κ3) is 3.11. The van der Waals surface area contributed by atoms with Crippen LogP contribution in [0.3, 0.4) is 0 Å². The smallest absolute Gasteiger partial charge is 0.275 e. The van der Waals surface area contributed by atoms with E-state index in [0.717, 1.165) is 21.7 Å². The highest BCUT2D eigenvalue weighted by molar-refractivity contribution is 7.13. The molecule has 0 bridgehead atoms. The second-order valence-electron chi connectivity index (χ2n) is 5.67. The van der Waals surface area contributed by atoms with Gasteiger partial charge < -0.3 is 9.73 Å². The van der Waals surface area contributed by atoms with Crippen molar-refractivity contribution >= 4 is 22.9 Å². The number of carbonyl (C=O) groups is 1. The summed E-state index contributed by atoms with van der Waals surface area (Å²) in [6.07, 6.45) is 4.85. The Morgan fingerprint density at radius 1 is 1.31 bits per heavy atom. The standard InChI is InChI=1S/C17H14N6O2S/c1-10-3-4-11(16-22-18-9-25-16)5-13(10)20-15(24)14-8-26-17(21-14)12-6-19-23(2)7-12/h3-9H,1-2H3,(H,20,24). The summed E-state index contributed by atoms with van der Waals surface area (Å²) in [5, 5.41) is 17.1. The number of thiazole rings is 1. The molecule has 0 saturated heterocycles. The Bertz CT molecular complexity index is 1070. The van der Waals surface area contributed by atoms with Gasteiger partial charge in [-0.3, -0.25) is 9.48 Å². The lowest BCUT2D eigenvalue weighted by Crippen LogP contribution is -2.13. The Morgan fingerprint density at radius 2 is 2.19 bits per heavy atom. The van der Waals surface area contributed by atoms with Crippen LogP contribution in [0.4, 0.5) is 5.69 Å². The predicted octanol–water partition coefficient (Wildman–Crippen LogP) is 3.15. The molecule has 1 amide bonds. The maximum absolute atomic E-state index is 12.6. The quantitative estimate of drug-likeness (QED) is 0.596. The number of rotatable bonds is 4. The molecule has 4 aromatic rings. The molecule has 26 heavy (non-hydrogen) atoms. The Morgan fingerprint density at radius 3 is 2.92 bits per heavy atom. The second-order valence-corrected chi connectivity index (χ2v) is 6.53. The number of hydrogen-bond donors (Lipinski definition) is 1. The minimum Gasteiger partial charge on any atom is -0.423 e. The van der Waals surface area contributed by atoms with Gasteiger partial charge in [-0.25, -0.2) is 4.98 Å². The number of benzene rings is 1. The van der Waals surface area contributed by atoms with Gasteiger partial charge in [-0.05, 0) is 24.6 Å². The molecule has 3 heterocycles. The summed E-state index contributed by atoms with van der Waals surface area (Å²) >= 11 is 1.40. The minimum atomic E-state index is -0.276. The van der Waals surface area contributed by atoms with E-state index in [1.807, 2.05) is 32.3 Å². The maximum atomic E-state index is 12.6. The SMILES string of the molecule is Cc1ccc(-c2nnco2)cc1NC(=O)c1csc(-c2cnn(C)c2)n1. The molecule has 0 atom stereocenters. The molecule has 8 nitrogen and oxygen atoms in total. The lowest BCUT2D eigenvalue weighted by atomic mass is 10.1. The monoisotopic (exact) mass is 366 g/mol. The van der Waals surface area contributed by atoms with E-state index in [4.69, 9.17) is 4.42 Å². The van der Waals surface area contributed by atoms with E-state index in [2.05, 4.69) is 25.6 Å². The van der Waals surface area contributed by atoms with Crippen molar-refractivity contribution in [3.8, 4) is 22.0 Å². The summed E-state index contributed by atoms with van der Waals surface area (Å²) in [7, 11) is 1.84. The van der Waals surface area contributed by atoms with Crippen molar-refractivity contribution in [1.29, 1.82) is 0 Å². The topological polar surface area (TPSA) is 98.7 Å². The molecule has 0 fully saturated rings. The van der Waals surface area contributed by atoms with Gasteiger partial charge in [-0.15, -0.1) is 21.5 Å². The molecule has 0 saturated carbocycles. The maximum Gasteiger partial charge on any atom is 0.275 e. The Labute approximate surface area is 152 Å². The van der Waals surface area contributed by atoms with Crippen molar-refractivity contribution in [2.75, 3.05) is 5.32 Å². The van der Waals surface area contributed by atoms with Gasteiger partial charge in [0, 0.05) is 35.4 Å². The third-order valence-corrected chi connectivity index (χ3v) is 4.67. The number of anilines is 1. The van der Waals surface area contributed by atoms with Gasteiger partial charge in [0.25, 0.3) is 5.91 Å². The lowest BCUT2D eigenvalue weighted by molar-refractivity contribution is 0.102. The number of nitrogens with one attached hydrogen (secondary N) is 1. The van der Waals surface area contributed by atoms with Crippen LogP contribution in [0.5, 0.6) is 0 Å². The van der Waals surface area contributed by atoms with Gasteiger partial charge in [0.2, 0.25) is 12.3 Å². The van der Waals surface area contributed by atoms with Gasteiger partial charge in [-0.1, -0.05) is 6.07 Å². The van der Waals surface area contributed by atoms with Gasteiger partial charge in [-0.2, -0.15) is 5.10 Å². The molecule has 0 aliphatic carbocycles. The van der Waals surface area contributed by atoms with Gasteiger partial charge in [0.1, 0.15) is 10.7 Å². The van der Waals surface area contributed by atoms with Crippen LogP contribution < -0.4 is 5.32 Å². The fourth-order valence-corrected chi connectivity index (χ4v) is 3.19. The molecule has 0 aliphatic heterocycles. The van der Waals surface area contributed by atoms with Crippen LogP contribution in [-0.4, -0.2) is 30.9 Å². The van der Waals surface area contributed by atoms with Crippen molar-refractivity contribution in [1.82, 2.24) is 25.0 Å². The number of aromatic nitrogens is 5. The number of amides is 1. The zero-order valence-corrected chi connectivity index (χ0v) is 14.8. The molecule has 1 aromatic carbocycles. The average Bonchev–Trinajstić information content (AvgIpc) is 3.37. The van der Waals surface area contributed by atoms with Crippen molar-refractivity contribution in [2.24, 2.45) is 7.05 Å². The summed E-state index contributed by atoms with van der Waals surface area (Å²) in [6.45, 7) is 1.91. The zero-order valence-electron chi connectivity index (χ0n) is 14.0. The van der Waals surface area contributed by atoms with Crippen LogP contribution in [-0.2, 0) is 7.05 Å². The predicted molar refractivity (Wildman–Crippen MR) is 96.7 cm³/mol. The fraction of sp³-hybridized carbons (Fsp3) is 0.118. The van der Waals surface area contributed by atoms with Gasteiger partial charge in [0.15, 0.2) is 0 Å². The Balaban J connectivity index is 1.57. The van der Waals surface area contributed by atoms with Crippen LogP contribution in [0.25, 0.3) is 22.0 Å². The number of carbonyl (C=O) groups excluding carboxylic acids is 1. The number of aryl methyl sites for hydroxylation is 2. The van der Waals surface area contributed by atoms with E-state index in [1.54, 1.807) is 22.3 Å². The van der Waals surface area contributed by atoms with Crippen molar-refractivity contribution in [3.63, 3.8) is 0 Å². The van der Waals surface area contributed by atoms with E-state index >= 15 is 0 Å². The molecule has 0 aliphatic rings. The first kappa shape index (κ1) is 16.2. The minimum absolute atomic E-state index is 0.276. The molecule has 0 radical (unpaired) electrons. The van der Waals surface area contributed by atoms with Crippen molar-refractivity contribution in [3.05, 3.63) is 53.6 Å². The van der Waals surface area contributed by atoms with E-state index in [9.17, 15) is 4.79 Å². The van der Waals surface area contributed by atoms with E-state index in [1.165, 1.54) is 17.7 Å². The molecule has 4 rings (SSSR count). The van der Waals surface area contributed by atoms with Crippen LogP contribution in [0.1, 0.15) is 16.1 Å². The highest BCUT2D eigenvalue weighted by Gasteiger charge is 2.15. The Hall–Kier alpha value is -3.33. The number of hydrogen-bond acceptors (Lipinski definition) is 7. The normalized spacial score (nSPS) is 10.8. The van der Waals surface area contributed by atoms with Crippen LogP contribution in [0.2, 0.25) is 0 Å². The summed E-state index contributed by atoms with van der Waals surface area (Å²) in [5.74, 6) is 0.121. The summed E-state index contributed by atoms with van der Waals surface area (Å²) < 4.78 is 6.90. The number of nitrogens with zero attached hydrogens (tertiary/aromatic N) is 5. The first-order valence-electron chi connectivity index (χ1n) is 7.73. The zero-order chi connectivity index (χ0) is 18.1. The van der Waals surface area contributed by atoms with E-state index in [-0.39, 0.29) is 5.91 Å². The summed E-state index contributed by atoms with van der Waals surface area (Å²) in [4.78, 5) is 17.0. The summed E-state index contributed by atoms with van der Waals surface area (Å²) in [5.41, 5.74) is 3.56. The largest absolute Gasteiger partial charge is 0.423 e. The van der Waals surface area contributed by atoms with Crippen LogP contribution in [0.15, 0.2) is 46.8 Å². The first-order chi connectivity index (χ1) is 12.6. The van der Waals surface area contributed by atoms with Crippen LogP contribution in [0, 0.1) is 6.92 Å². The molecular weight excluding hydrogens is 352 g/mol. The van der Waals surface area contributed by atoms with Gasteiger partial charge >= 0.3 is 0 Å². The summed E-state index contributed by atoms with van der Waals surface area (Å²) in [6, 6.07) is 5.55. The highest BCUT2D eigenvalue weighted by atomic mass is 32.1. The highest BCUT2D eigenvalue weighted by Crippen LogP contribution is 2.26. The second kappa shape index (κ2) is 6.52. The lowest BCUT2D eigenvalue weighted by Gasteiger charge is -2.08. The fourth-order valence-electron chi connectivity index (χ4n) is 2.42. The molecular formula is C17H14N6O2S. The van der Waals surface area contributed by atoms with E-state index in [0.29, 0.717) is 17.3 Å². The van der Waals surface area contributed by atoms with Gasteiger partial charge in [0.05, 0.1) is 6.20 Å². The van der Waals surface area contributed by atoms with Crippen LogP contribution >= 0.6 is 11.3 Å². The molecule has 0 unspecified atom stereocenters. The first-order valence-corrected chi connectivity index (χ1v) is 8.61. The van der Waals surface area contributed by atoms with Crippen molar-refractivity contribution < 1.29 is 9.21 Å². The molecule has 3 aromatic heterocycles. The molecule has 130 valence electrons.